The second-order valence-corrected chi connectivity index (χ2v) is 6.65. The van der Waals surface area contributed by atoms with Crippen LogP contribution >= 0.6 is 0 Å². The minimum absolute atomic E-state index is 0.108. The van der Waals surface area contributed by atoms with E-state index in [-0.39, 0.29) is 24.7 Å². The molecular formula is C15H20O4. The molecule has 3 rings (SSSR count). The van der Waals surface area contributed by atoms with E-state index in [1.807, 2.05) is 13.8 Å². The van der Waals surface area contributed by atoms with Gasteiger partial charge in [-0.3, -0.25) is 9.59 Å². The minimum atomic E-state index is -1.08. The Morgan fingerprint density at radius 1 is 1.47 bits per heavy atom. The lowest BCUT2D eigenvalue weighted by molar-refractivity contribution is -0.187. The first-order valence-electron chi connectivity index (χ1n) is 6.88. The number of Topliss-reactive ketones (excluding diaryl/α,β-unsaturated/α-hetero) is 1. The Hall–Kier alpha value is -1.16. The van der Waals surface area contributed by atoms with Crippen LogP contribution in [0.25, 0.3) is 0 Å². The van der Waals surface area contributed by atoms with Crippen molar-refractivity contribution < 1.29 is 19.4 Å². The number of aliphatic hydroxyl groups is 1. The summed E-state index contributed by atoms with van der Waals surface area (Å²) in [4.78, 5) is 24.3. The summed E-state index contributed by atoms with van der Waals surface area (Å²) in [5.41, 5.74) is -2.52. The van der Waals surface area contributed by atoms with Gasteiger partial charge in [0.15, 0.2) is 0 Å². The second-order valence-electron chi connectivity index (χ2n) is 6.65. The molecule has 0 amide bonds. The highest BCUT2D eigenvalue weighted by atomic mass is 16.5. The average molecular weight is 264 g/mol. The summed E-state index contributed by atoms with van der Waals surface area (Å²) >= 11 is 0. The van der Waals surface area contributed by atoms with E-state index in [0.29, 0.717) is 6.42 Å². The van der Waals surface area contributed by atoms with E-state index in [1.54, 1.807) is 6.08 Å². The van der Waals surface area contributed by atoms with Crippen LogP contribution in [-0.2, 0) is 14.3 Å². The summed E-state index contributed by atoms with van der Waals surface area (Å²) in [6.45, 7) is 7.87. The van der Waals surface area contributed by atoms with Gasteiger partial charge in [-0.2, -0.15) is 0 Å². The number of carbonyl (C=O) groups excluding carboxylic acids is 2. The van der Waals surface area contributed by atoms with Crippen molar-refractivity contribution in [1.29, 1.82) is 0 Å². The molecule has 0 spiro atoms. The largest absolute Gasteiger partial charge is 0.464 e. The van der Waals surface area contributed by atoms with Crippen molar-refractivity contribution in [2.75, 3.05) is 6.61 Å². The van der Waals surface area contributed by atoms with Crippen molar-refractivity contribution in [2.24, 2.45) is 22.7 Å². The summed E-state index contributed by atoms with van der Waals surface area (Å²) in [5, 5.41) is 11.3. The zero-order valence-electron chi connectivity index (χ0n) is 11.4. The number of esters is 1. The number of fused-ring (bicyclic) bond motifs is 3. The summed E-state index contributed by atoms with van der Waals surface area (Å²) in [5.74, 6) is -1.20. The number of cyclic esters (lactones) is 1. The first-order chi connectivity index (χ1) is 8.82. The normalized spacial score (nSPS) is 52.6. The fourth-order valence-electron chi connectivity index (χ4n) is 4.79. The Bertz CT molecular complexity index is 485. The average Bonchev–Trinajstić information content (AvgIpc) is 2.81. The molecule has 3 fully saturated rings. The van der Waals surface area contributed by atoms with Gasteiger partial charge >= 0.3 is 5.97 Å². The molecule has 0 aromatic rings. The van der Waals surface area contributed by atoms with Gasteiger partial charge in [0.1, 0.15) is 18.3 Å². The Morgan fingerprint density at radius 2 is 2.16 bits per heavy atom. The lowest BCUT2D eigenvalue weighted by Crippen LogP contribution is -2.65. The third-order valence-electron chi connectivity index (χ3n) is 6.07. The number of hydrogen-bond acceptors (Lipinski definition) is 4. The molecule has 1 aliphatic heterocycles. The van der Waals surface area contributed by atoms with Gasteiger partial charge < -0.3 is 9.84 Å². The van der Waals surface area contributed by atoms with Crippen molar-refractivity contribution in [2.45, 2.75) is 38.7 Å². The Labute approximate surface area is 112 Å². The molecular weight excluding hydrogens is 244 g/mol. The van der Waals surface area contributed by atoms with Gasteiger partial charge in [-0.1, -0.05) is 19.9 Å². The maximum atomic E-state index is 12.4. The van der Waals surface area contributed by atoms with Gasteiger partial charge in [-0.15, -0.1) is 6.58 Å². The van der Waals surface area contributed by atoms with E-state index in [2.05, 4.69) is 6.58 Å². The number of ketones is 1. The standard InChI is InChI=1S/C15H20O4/c1-4-14-7-10(16)11-12(17)19-8-13(11,3)15(14,18)6-5-9(14)2/h4,9,11,18H,1,5-8H2,2-3H3/t9-,11+,13-,14+,15-/m1/s1. The van der Waals surface area contributed by atoms with E-state index in [9.17, 15) is 14.7 Å². The molecule has 4 heteroatoms. The fourth-order valence-corrected chi connectivity index (χ4v) is 4.79. The molecule has 0 aromatic carbocycles. The monoisotopic (exact) mass is 264 g/mol. The summed E-state index contributed by atoms with van der Waals surface area (Å²) in [6, 6.07) is 0. The first-order valence-corrected chi connectivity index (χ1v) is 6.88. The first kappa shape index (κ1) is 12.9. The van der Waals surface area contributed by atoms with Crippen molar-refractivity contribution in [1.82, 2.24) is 0 Å². The molecule has 2 saturated carbocycles. The van der Waals surface area contributed by atoms with Crippen molar-refractivity contribution >= 4 is 11.8 Å². The SMILES string of the molecule is C=C[C@@]12CC(=O)[C@H]3C(=O)OC[C@@]3(C)[C@]1(O)CC[C@H]2C. The lowest BCUT2D eigenvalue weighted by atomic mass is 9.48. The smallest absolute Gasteiger partial charge is 0.317 e. The molecule has 1 saturated heterocycles. The van der Waals surface area contributed by atoms with Crippen LogP contribution in [-0.4, -0.2) is 29.1 Å². The zero-order valence-corrected chi connectivity index (χ0v) is 11.4. The molecule has 5 atom stereocenters. The Morgan fingerprint density at radius 3 is 2.79 bits per heavy atom. The van der Waals surface area contributed by atoms with Crippen LogP contribution < -0.4 is 0 Å². The minimum Gasteiger partial charge on any atom is -0.464 e. The number of carbonyl (C=O) groups is 2. The Kier molecular flexibility index (Phi) is 2.35. The molecule has 0 unspecified atom stereocenters. The lowest BCUT2D eigenvalue weighted by Gasteiger charge is -2.55. The van der Waals surface area contributed by atoms with Crippen LogP contribution in [0.3, 0.4) is 0 Å². The highest BCUT2D eigenvalue weighted by molar-refractivity contribution is 6.02. The second kappa shape index (κ2) is 3.48. The van der Waals surface area contributed by atoms with Crippen LogP contribution in [0.5, 0.6) is 0 Å². The maximum absolute atomic E-state index is 12.4. The quantitative estimate of drug-likeness (QED) is 0.442. The van der Waals surface area contributed by atoms with Crippen LogP contribution in [0.2, 0.25) is 0 Å². The van der Waals surface area contributed by atoms with Gasteiger partial charge in [-0.25, -0.2) is 0 Å². The van der Waals surface area contributed by atoms with Crippen molar-refractivity contribution in [3.05, 3.63) is 12.7 Å². The van der Waals surface area contributed by atoms with E-state index in [0.717, 1.165) is 6.42 Å². The zero-order chi connectivity index (χ0) is 14.1. The van der Waals surface area contributed by atoms with Gasteiger partial charge in [0.2, 0.25) is 0 Å². The summed E-state index contributed by atoms with van der Waals surface area (Å²) in [7, 11) is 0. The van der Waals surface area contributed by atoms with Gasteiger partial charge in [-0.05, 0) is 18.8 Å². The van der Waals surface area contributed by atoms with Crippen LogP contribution in [0, 0.1) is 22.7 Å². The molecule has 0 radical (unpaired) electrons. The number of rotatable bonds is 1. The van der Waals surface area contributed by atoms with E-state index in [4.69, 9.17) is 4.74 Å². The molecule has 19 heavy (non-hydrogen) atoms. The van der Waals surface area contributed by atoms with Crippen LogP contribution in [0.15, 0.2) is 12.7 Å². The predicted octanol–water partition coefficient (Wildman–Crippen LogP) is 1.47. The van der Waals surface area contributed by atoms with Gasteiger partial charge in [0, 0.05) is 11.8 Å². The number of ether oxygens (including phenoxy) is 1. The molecule has 0 bridgehead atoms. The van der Waals surface area contributed by atoms with E-state index >= 15 is 0 Å². The highest BCUT2D eigenvalue weighted by Crippen LogP contribution is 2.67. The molecule has 1 heterocycles. The molecule has 2 aliphatic carbocycles. The van der Waals surface area contributed by atoms with Crippen LogP contribution in [0.1, 0.15) is 33.1 Å². The third kappa shape index (κ3) is 1.15. The van der Waals surface area contributed by atoms with Crippen molar-refractivity contribution in [3.8, 4) is 0 Å². The van der Waals surface area contributed by atoms with Gasteiger partial charge in [0.05, 0.1) is 11.0 Å². The van der Waals surface area contributed by atoms with E-state index < -0.39 is 28.3 Å². The predicted molar refractivity (Wildman–Crippen MR) is 68.2 cm³/mol. The van der Waals surface area contributed by atoms with Crippen molar-refractivity contribution in [3.63, 3.8) is 0 Å². The maximum Gasteiger partial charge on any atom is 0.317 e. The Balaban J connectivity index is 2.21. The highest BCUT2D eigenvalue weighted by Gasteiger charge is 2.74. The summed E-state index contributed by atoms with van der Waals surface area (Å²) < 4.78 is 5.12. The third-order valence-corrected chi connectivity index (χ3v) is 6.07. The molecule has 3 aliphatic rings. The summed E-state index contributed by atoms with van der Waals surface area (Å²) in [6.07, 6.45) is 3.37. The molecule has 104 valence electrons. The molecule has 4 nitrogen and oxygen atoms in total. The fraction of sp³-hybridized carbons (Fsp3) is 0.733. The topological polar surface area (TPSA) is 63.6 Å². The molecule has 1 N–H and O–H groups in total. The van der Waals surface area contributed by atoms with E-state index in [1.165, 1.54) is 0 Å². The number of hydrogen-bond donors (Lipinski definition) is 1. The molecule has 0 aromatic heterocycles. The van der Waals surface area contributed by atoms with Gasteiger partial charge in [0.25, 0.3) is 0 Å². The van der Waals surface area contributed by atoms with Crippen LogP contribution in [0.4, 0.5) is 0 Å².